The molecule has 1 aromatic heterocycles. The first-order chi connectivity index (χ1) is 9.61. The standard InChI is InChI=1S/C13H18N2O4S/c16-6-5-11(12(17)18)14-13(19)15(9-3-4-9)8-10-2-1-7-20-10/h1-2,7,9,11,16H,3-6,8H2,(H,14,19)(H,17,18)/t11-/m0/s1. The molecule has 0 unspecified atom stereocenters. The number of carboxylic acids is 1. The first-order valence-corrected chi connectivity index (χ1v) is 7.43. The molecule has 1 aliphatic carbocycles. The van der Waals surface area contributed by atoms with Crippen LogP contribution in [0.5, 0.6) is 0 Å². The summed E-state index contributed by atoms with van der Waals surface area (Å²) in [6.07, 6.45) is 1.92. The van der Waals surface area contributed by atoms with Gasteiger partial charge in [-0.3, -0.25) is 0 Å². The van der Waals surface area contributed by atoms with Crippen molar-refractivity contribution in [3.05, 3.63) is 22.4 Å². The highest BCUT2D eigenvalue weighted by Crippen LogP contribution is 2.29. The lowest BCUT2D eigenvalue weighted by atomic mass is 10.2. The zero-order valence-electron chi connectivity index (χ0n) is 11.0. The highest BCUT2D eigenvalue weighted by atomic mass is 32.1. The number of urea groups is 1. The molecule has 1 fully saturated rings. The van der Waals surface area contributed by atoms with E-state index in [-0.39, 0.29) is 25.1 Å². The number of thiophene rings is 1. The number of carbonyl (C=O) groups is 2. The first-order valence-electron chi connectivity index (χ1n) is 6.55. The van der Waals surface area contributed by atoms with E-state index < -0.39 is 12.0 Å². The van der Waals surface area contributed by atoms with E-state index in [2.05, 4.69) is 5.32 Å². The molecule has 6 nitrogen and oxygen atoms in total. The van der Waals surface area contributed by atoms with Gasteiger partial charge in [-0.15, -0.1) is 11.3 Å². The van der Waals surface area contributed by atoms with Crippen LogP contribution >= 0.6 is 11.3 Å². The fraction of sp³-hybridized carbons (Fsp3) is 0.538. The maximum Gasteiger partial charge on any atom is 0.326 e. The van der Waals surface area contributed by atoms with Gasteiger partial charge in [0.1, 0.15) is 6.04 Å². The number of nitrogens with one attached hydrogen (secondary N) is 1. The minimum Gasteiger partial charge on any atom is -0.480 e. The first kappa shape index (κ1) is 14.8. The van der Waals surface area contributed by atoms with Crippen LogP contribution in [0.1, 0.15) is 24.1 Å². The number of nitrogens with zero attached hydrogens (tertiary/aromatic N) is 1. The molecule has 7 heteroatoms. The topological polar surface area (TPSA) is 89.9 Å². The zero-order valence-corrected chi connectivity index (χ0v) is 11.8. The molecular weight excluding hydrogens is 280 g/mol. The Bertz CT molecular complexity index is 459. The molecular formula is C13H18N2O4S. The average molecular weight is 298 g/mol. The van der Waals surface area contributed by atoms with Gasteiger partial charge in [-0.2, -0.15) is 0 Å². The Morgan fingerprint density at radius 1 is 1.50 bits per heavy atom. The Morgan fingerprint density at radius 2 is 2.25 bits per heavy atom. The van der Waals surface area contributed by atoms with E-state index in [1.165, 1.54) is 0 Å². The maximum absolute atomic E-state index is 12.2. The summed E-state index contributed by atoms with van der Waals surface area (Å²) in [4.78, 5) is 26.0. The Balaban J connectivity index is 1.97. The molecule has 0 radical (unpaired) electrons. The molecule has 1 saturated carbocycles. The fourth-order valence-electron chi connectivity index (χ4n) is 1.94. The summed E-state index contributed by atoms with van der Waals surface area (Å²) >= 11 is 1.57. The second kappa shape index (κ2) is 6.71. The quantitative estimate of drug-likeness (QED) is 0.707. The maximum atomic E-state index is 12.2. The molecule has 0 saturated heterocycles. The van der Waals surface area contributed by atoms with E-state index in [0.717, 1.165) is 17.7 Å². The van der Waals surface area contributed by atoms with Gasteiger partial charge in [0.05, 0.1) is 6.54 Å². The van der Waals surface area contributed by atoms with Gasteiger partial charge in [-0.1, -0.05) is 6.07 Å². The molecule has 1 aromatic rings. The Kier molecular flexibility index (Phi) is 4.97. The number of aliphatic carboxylic acids is 1. The van der Waals surface area contributed by atoms with E-state index in [4.69, 9.17) is 10.2 Å². The summed E-state index contributed by atoms with van der Waals surface area (Å²) in [5.74, 6) is -1.13. The van der Waals surface area contributed by atoms with Crippen molar-refractivity contribution >= 4 is 23.3 Å². The van der Waals surface area contributed by atoms with Crippen LogP contribution < -0.4 is 5.32 Å². The van der Waals surface area contributed by atoms with Crippen molar-refractivity contribution in [3.63, 3.8) is 0 Å². The molecule has 2 amide bonds. The minimum atomic E-state index is -1.13. The van der Waals surface area contributed by atoms with E-state index in [1.807, 2.05) is 17.5 Å². The zero-order chi connectivity index (χ0) is 14.5. The van der Waals surface area contributed by atoms with Gasteiger partial charge in [0, 0.05) is 23.9 Å². The number of carbonyl (C=O) groups excluding carboxylic acids is 1. The van der Waals surface area contributed by atoms with Crippen LogP contribution in [0.3, 0.4) is 0 Å². The molecule has 110 valence electrons. The van der Waals surface area contributed by atoms with Crippen LogP contribution in [0, 0.1) is 0 Å². The van der Waals surface area contributed by atoms with E-state index in [0.29, 0.717) is 6.54 Å². The van der Waals surface area contributed by atoms with Gasteiger partial charge in [-0.05, 0) is 24.3 Å². The molecule has 0 aliphatic heterocycles. The van der Waals surface area contributed by atoms with Crippen molar-refractivity contribution in [2.24, 2.45) is 0 Å². The van der Waals surface area contributed by atoms with Crippen LogP contribution in [-0.4, -0.2) is 45.8 Å². The molecule has 1 heterocycles. The summed E-state index contributed by atoms with van der Waals surface area (Å²) in [5, 5.41) is 22.3. The highest BCUT2D eigenvalue weighted by Gasteiger charge is 2.34. The summed E-state index contributed by atoms with van der Waals surface area (Å²) < 4.78 is 0. The molecule has 0 aromatic carbocycles. The molecule has 20 heavy (non-hydrogen) atoms. The van der Waals surface area contributed by atoms with Gasteiger partial charge in [0.25, 0.3) is 0 Å². The molecule has 2 rings (SSSR count). The Hall–Kier alpha value is -1.60. The third kappa shape index (κ3) is 3.94. The smallest absolute Gasteiger partial charge is 0.326 e. The van der Waals surface area contributed by atoms with E-state index >= 15 is 0 Å². The normalized spacial score (nSPS) is 15.7. The van der Waals surface area contributed by atoms with Crippen LogP contribution in [0.15, 0.2) is 17.5 Å². The second-order valence-electron chi connectivity index (χ2n) is 4.79. The Labute approximate surface area is 121 Å². The van der Waals surface area contributed by atoms with Crippen LogP contribution in [0.25, 0.3) is 0 Å². The highest BCUT2D eigenvalue weighted by molar-refractivity contribution is 7.09. The van der Waals surface area contributed by atoms with Crippen molar-refractivity contribution in [1.29, 1.82) is 0 Å². The van der Waals surface area contributed by atoms with Gasteiger partial charge < -0.3 is 20.4 Å². The summed E-state index contributed by atoms with van der Waals surface area (Å²) in [6.45, 7) is 0.227. The predicted octanol–water partition coefficient (Wildman–Crippen LogP) is 1.26. The van der Waals surface area contributed by atoms with Crippen LogP contribution in [0.2, 0.25) is 0 Å². The van der Waals surface area contributed by atoms with E-state index in [9.17, 15) is 9.59 Å². The molecule has 0 bridgehead atoms. The summed E-state index contributed by atoms with van der Waals surface area (Å²) in [6, 6.07) is 2.66. The largest absolute Gasteiger partial charge is 0.480 e. The van der Waals surface area contributed by atoms with Crippen LogP contribution in [0.4, 0.5) is 4.79 Å². The second-order valence-corrected chi connectivity index (χ2v) is 5.82. The molecule has 0 spiro atoms. The number of aliphatic hydroxyl groups excluding tert-OH is 1. The summed E-state index contributed by atoms with van der Waals surface area (Å²) in [7, 11) is 0. The fourth-order valence-corrected chi connectivity index (χ4v) is 2.64. The lowest BCUT2D eigenvalue weighted by Gasteiger charge is -2.24. The van der Waals surface area contributed by atoms with Gasteiger partial charge >= 0.3 is 12.0 Å². The molecule has 1 aliphatic rings. The number of aliphatic hydroxyl groups is 1. The van der Waals surface area contributed by atoms with Crippen LogP contribution in [-0.2, 0) is 11.3 Å². The lowest BCUT2D eigenvalue weighted by molar-refractivity contribution is -0.139. The predicted molar refractivity (Wildman–Crippen MR) is 74.5 cm³/mol. The van der Waals surface area contributed by atoms with Crippen molar-refractivity contribution in [1.82, 2.24) is 10.2 Å². The lowest BCUT2D eigenvalue weighted by Crippen LogP contribution is -2.48. The number of hydrogen-bond donors (Lipinski definition) is 3. The number of carboxylic acid groups (broad SMARTS) is 1. The SMILES string of the molecule is O=C(O)[C@H](CCO)NC(=O)N(Cc1cccs1)C1CC1. The van der Waals surface area contributed by atoms with Gasteiger partial charge in [0.2, 0.25) is 0 Å². The Morgan fingerprint density at radius 3 is 2.75 bits per heavy atom. The van der Waals surface area contributed by atoms with Crippen molar-refractivity contribution in [3.8, 4) is 0 Å². The number of amides is 2. The van der Waals surface area contributed by atoms with Crippen molar-refractivity contribution in [2.75, 3.05) is 6.61 Å². The van der Waals surface area contributed by atoms with Gasteiger partial charge in [0.15, 0.2) is 0 Å². The average Bonchev–Trinajstić information content (AvgIpc) is 3.12. The third-order valence-corrected chi connectivity index (χ3v) is 4.03. The minimum absolute atomic E-state index is 0.0125. The van der Waals surface area contributed by atoms with Crippen molar-refractivity contribution < 1.29 is 19.8 Å². The number of hydrogen-bond acceptors (Lipinski definition) is 4. The molecule has 1 atom stereocenters. The van der Waals surface area contributed by atoms with Crippen molar-refractivity contribution in [2.45, 2.75) is 37.9 Å². The van der Waals surface area contributed by atoms with E-state index in [1.54, 1.807) is 16.2 Å². The van der Waals surface area contributed by atoms with Gasteiger partial charge in [-0.25, -0.2) is 9.59 Å². The third-order valence-electron chi connectivity index (χ3n) is 3.17. The summed E-state index contributed by atoms with van der Waals surface area (Å²) in [5.41, 5.74) is 0. The monoisotopic (exact) mass is 298 g/mol. The molecule has 3 N–H and O–H groups in total. The number of rotatable bonds is 7.